The second-order valence-corrected chi connectivity index (χ2v) is 7.65. The van der Waals surface area contributed by atoms with Crippen molar-refractivity contribution in [3.05, 3.63) is 29.8 Å². The van der Waals surface area contributed by atoms with Crippen molar-refractivity contribution in [2.24, 2.45) is 0 Å². The summed E-state index contributed by atoms with van der Waals surface area (Å²) in [7, 11) is 1.94. The monoisotopic (exact) mass is 380 g/mol. The van der Waals surface area contributed by atoms with Crippen molar-refractivity contribution >= 4 is 18.3 Å². The molecule has 26 heavy (non-hydrogen) atoms. The third-order valence-electron chi connectivity index (χ3n) is 5.86. The van der Waals surface area contributed by atoms with Crippen LogP contribution >= 0.6 is 12.4 Å². The van der Waals surface area contributed by atoms with Crippen molar-refractivity contribution in [3.8, 4) is 5.75 Å². The van der Waals surface area contributed by atoms with E-state index in [2.05, 4.69) is 5.32 Å². The van der Waals surface area contributed by atoms with E-state index in [9.17, 15) is 4.79 Å². The second-order valence-electron chi connectivity index (χ2n) is 7.65. The topological polar surface area (TPSA) is 50.8 Å². The summed E-state index contributed by atoms with van der Waals surface area (Å²) in [6, 6.07) is 9.06. The molecule has 4 rings (SSSR count). The van der Waals surface area contributed by atoms with Crippen LogP contribution < -0.4 is 10.1 Å². The highest BCUT2D eigenvalue weighted by atomic mass is 35.5. The smallest absolute Gasteiger partial charge is 0.253 e. The number of hydrogen-bond donors (Lipinski definition) is 1. The Balaban J connectivity index is 0.00000196. The molecule has 3 atom stereocenters. The molecule has 3 heterocycles. The predicted octanol–water partition coefficient (Wildman–Crippen LogP) is 3.02. The van der Waals surface area contributed by atoms with Gasteiger partial charge in [0, 0.05) is 37.3 Å². The molecule has 6 heteroatoms. The average Bonchev–Trinajstić information content (AvgIpc) is 3.28. The minimum atomic E-state index is 0. The molecule has 144 valence electrons. The number of fused-ring (bicyclic) bond motifs is 2. The lowest BCUT2D eigenvalue weighted by molar-refractivity contribution is 0.0667. The largest absolute Gasteiger partial charge is 0.491 e. The molecule has 3 aliphatic heterocycles. The summed E-state index contributed by atoms with van der Waals surface area (Å²) < 4.78 is 11.4. The lowest BCUT2D eigenvalue weighted by Crippen LogP contribution is -2.48. The van der Waals surface area contributed by atoms with E-state index in [1.165, 1.54) is 12.8 Å². The van der Waals surface area contributed by atoms with Gasteiger partial charge in [-0.3, -0.25) is 4.79 Å². The molecule has 0 spiro atoms. The molecule has 3 unspecified atom stereocenters. The van der Waals surface area contributed by atoms with Gasteiger partial charge < -0.3 is 19.7 Å². The van der Waals surface area contributed by atoms with Gasteiger partial charge in [-0.05, 0) is 56.7 Å². The summed E-state index contributed by atoms with van der Waals surface area (Å²) in [5.74, 6) is 0.842. The molecular weight excluding hydrogens is 352 g/mol. The molecule has 1 amide bonds. The molecule has 1 aromatic rings. The van der Waals surface area contributed by atoms with Gasteiger partial charge in [0.05, 0.1) is 6.10 Å². The van der Waals surface area contributed by atoms with Gasteiger partial charge in [0.15, 0.2) is 0 Å². The van der Waals surface area contributed by atoms with Crippen molar-refractivity contribution in [1.82, 2.24) is 10.2 Å². The molecule has 3 saturated heterocycles. The zero-order valence-corrected chi connectivity index (χ0v) is 16.2. The number of rotatable bonds is 5. The summed E-state index contributed by atoms with van der Waals surface area (Å²) in [6.07, 6.45) is 6.97. The molecule has 0 saturated carbocycles. The molecule has 0 aliphatic carbocycles. The van der Waals surface area contributed by atoms with E-state index in [4.69, 9.17) is 9.47 Å². The maximum absolute atomic E-state index is 12.9. The Morgan fingerprint density at radius 3 is 2.73 bits per heavy atom. The van der Waals surface area contributed by atoms with Crippen LogP contribution in [-0.4, -0.2) is 55.3 Å². The van der Waals surface area contributed by atoms with Crippen LogP contribution in [0, 0.1) is 0 Å². The van der Waals surface area contributed by atoms with Gasteiger partial charge in [-0.2, -0.15) is 0 Å². The normalized spacial score (nSPS) is 29.9. The fraction of sp³-hybridized carbons (Fsp3) is 0.650. The Hall–Kier alpha value is -1.30. The number of ether oxygens (including phenoxy) is 2. The Bertz CT molecular complexity index is 609. The highest BCUT2D eigenvalue weighted by molar-refractivity contribution is 5.94. The molecule has 3 aliphatic rings. The van der Waals surface area contributed by atoms with Crippen LogP contribution in [0.15, 0.2) is 24.3 Å². The van der Waals surface area contributed by atoms with Crippen LogP contribution in [0.25, 0.3) is 0 Å². The van der Waals surface area contributed by atoms with Crippen LogP contribution in [0.1, 0.15) is 48.9 Å². The summed E-state index contributed by atoms with van der Waals surface area (Å²) in [4.78, 5) is 14.9. The summed E-state index contributed by atoms with van der Waals surface area (Å²) in [5.41, 5.74) is 0.707. The minimum absolute atomic E-state index is 0. The van der Waals surface area contributed by atoms with Gasteiger partial charge in [0.25, 0.3) is 5.91 Å². The van der Waals surface area contributed by atoms with E-state index in [0.29, 0.717) is 30.3 Å². The van der Waals surface area contributed by atoms with E-state index in [0.717, 1.165) is 38.0 Å². The first kappa shape index (κ1) is 19.5. The molecule has 0 radical (unpaired) electrons. The fourth-order valence-electron chi connectivity index (χ4n) is 4.40. The van der Waals surface area contributed by atoms with Crippen LogP contribution in [0.3, 0.4) is 0 Å². The van der Waals surface area contributed by atoms with Crippen molar-refractivity contribution in [2.45, 2.75) is 62.8 Å². The van der Waals surface area contributed by atoms with Crippen molar-refractivity contribution < 1.29 is 14.3 Å². The number of carbonyl (C=O) groups is 1. The zero-order chi connectivity index (χ0) is 17.2. The SMILES string of the molecule is CN(C(=O)c1cccc(OCC2CCCO2)c1)C1CC2CCC(C1)N2.Cl. The lowest BCUT2D eigenvalue weighted by atomic mass is 9.98. The van der Waals surface area contributed by atoms with E-state index in [1.807, 2.05) is 36.2 Å². The van der Waals surface area contributed by atoms with Gasteiger partial charge in [-0.15, -0.1) is 12.4 Å². The summed E-state index contributed by atoms with van der Waals surface area (Å²) >= 11 is 0. The lowest BCUT2D eigenvalue weighted by Gasteiger charge is -2.35. The zero-order valence-electron chi connectivity index (χ0n) is 15.4. The molecule has 1 N–H and O–H groups in total. The first-order valence-corrected chi connectivity index (χ1v) is 9.57. The Morgan fingerprint density at radius 2 is 2.04 bits per heavy atom. The van der Waals surface area contributed by atoms with Gasteiger partial charge in [-0.25, -0.2) is 0 Å². The number of amides is 1. The number of nitrogens with one attached hydrogen (secondary N) is 1. The van der Waals surface area contributed by atoms with Crippen molar-refractivity contribution in [2.75, 3.05) is 20.3 Å². The van der Waals surface area contributed by atoms with Crippen LogP contribution in [0.5, 0.6) is 5.75 Å². The maximum atomic E-state index is 12.9. The molecule has 0 aromatic heterocycles. The van der Waals surface area contributed by atoms with Crippen molar-refractivity contribution in [1.29, 1.82) is 0 Å². The van der Waals surface area contributed by atoms with Gasteiger partial charge >= 0.3 is 0 Å². The van der Waals surface area contributed by atoms with E-state index < -0.39 is 0 Å². The number of benzene rings is 1. The number of nitrogens with zero attached hydrogens (tertiary/aromatic N) is 1. The summed E-state index contributed by atoms with van der Waals surface area (Å²) in [5, 5.41) is 3.64. The van der Waals surface area contributed by atoms with Gasteiger partial charge in [-0.1, -0.05) is 6.07 Å². The Kier molecular flexibility index (Phi) is 6.43. The van der Waals surface area contributed by atoms with Crippen LogP contribution in [-0.2, 0) is 4.74 Å². The molecule has 5 nitrogen and oxygen atoms in total. The first-order valence-electron chi connectivity index (χ1n) is 9.57. The predicted molar refractivity (Wildman–Crippen MR) is 103 cm³/mol. The molecular formula is C20H29ClN2O3. The second kappa shape index (κ2) is 8.59. The van der Waals surface area contributed by atoms with Crippen molar-refractivity contribution in [3.63, 3.8) is 0 Å². The van der Waals surface area contributed by atoms with Crippen LogP contribution in [0.2, 0.25) is 0 Å². The number of hydrogen-bond acceptors (Lipinski definition) is 4. The fourth-order valence-corrected chi connectivity index (χ4v) is 4.40. The van der Waals surface area contributed by atoms with Crippen LogP contribution in [0.4, 0.5) is 0 Å². The maximum Gasteiger partial charge on any atom is 0.253 e. The highest BCUT2D eigenvalue weighted by Gasteiger charge is 2.36. The quantitative estimate of drug-likeness (QED) is 0.853. The minimum Gasteiger partial charge on any atom is -0.491 e. The molecule has 2 bridgehead atoms. The number of halogens is 1. The average molecular weight is 381 g/mol. The summed E-state index contributed by atoms with van der Waals surface area (Å²) in [6.45, 7) is 1.39. The van der Waals surface area contributed by atoms with E-state index >= 15 is 0 Å². The highest BCUT2D eigenvalue weighted by Crippen LogP contribution is 2.30. The van der Waals surface area contributed by atoms with E-state index in [1.54, 1.807) is 0 Å². The standard InChI is InChI=1S/C20H28N2O3.ClH/c1-22(17-11-15-7-8-16(12-17)21-15)20(23)14-4-2-5-18(10-14)25-13-19-6-3-9-24-19;/h2,4-5,10,15-17,19,21H,3,6-9,11-13H2,1H3;1H. The molecule has 3 fully saturated rings. The third kappa shape index (κ3) is 4.33. The third-order valence-corrected chi connectivity index (χ3v) is 5.86. The van der Waals surface area contributed by atoms with E-state index in [-0.39, 0.29) is 24.4 Å². The first-order chi connectivity index (χ1) is 12.2. The molecule has 1 aromatic carbocycles. The Morgan fingerprint density at radius 1 is 1.27 bits per heavy atom. The van der Waals surface area contributed by atoms with Gasteiger partial charge in [0.1, 0.15) is 12.4 Å². The Labute approximate surface area is 161 Å². The number of piperidine rings is 1. The van der Waals surface area contributed by atoms with Gasteiger partial charge in [0.2, 0.25) is 0 Å². The number of carbonyl (C=O) groups excluding carboxylic acids is 1.